The third kappa shape index (κ3) is 3.77. The third-order valence-corrected chi connectivity index (χ3v) is 3.59. The number of nitro groups is 1. The fourth-order valence-electron chi connectivity index (χ4n) is 2.31. The summed E-state index contributed by atoms with van der Waals surface area (Å²) < 4.78 is 10.1. The number of nitrogens with zero attached hydrogens (tertiary/aromatic N) is 2. The number of nitriles is 1. The topological polar surface area (TPSA) is 85.4 Å². The first-order valence-corrected chi connectivity index (χ1v) is 6.94. The zero-order valence-electron chi connectivity index (χ0n) is 12.9. The fourth-order valence-corrected chi connectivity index (χ4v) is 2.31. The van der Waals surface area contributed by atoms with Crippen LogP contribution < -0.4 is 9.47 Å². The lowest BCUT2D eigenvalue weighted by molar-refractivity contribution is -0.385. The van der Waals surface area contributed by atoms with E-state index in [1.165, 1.54) is 13.2 Å². The molecule has 23 heavy (non-hydrogen) atoms. The van der Waals surface area contributed by atoms with E-state index in [9.17, 15) is 15.4 Å². The van der Waals surface area contributed by atoms with E-state index in [0.717, 1.165) is 5.56 Å². The molecule has 0 radical (unpaired) electrons. The smallest absolute Gasteiger partial charge is 0.276 e. The highest BCUT2D eigenvalue weighted by atomic mass is 16.6. The van der Waals surface area contributed by atoms with Gasteiger partial charge in [-0.1, -0.05) is 12.1 Å². The van der Waals surface area contributed by atoms with Crippen LogP contribution in [0.4, 0.5) is 5.69 Å². The molecule has 0 N–H and O–H groups in total. The number of benzene rings is 2. The van der Waals surface area contributed by atoms with Crippen LogP contribution in [-0.4, -0.2) is 19.1 Å². The molecular formula is C17H16N2O4. The maximum absolute atomic E-state index is 11.2. The van der Waals surface area contributed by atoms with Crippen molar-refractivity contribution in [2.75, 3.05) is 14.2 Å². The minimum atomic E-state index is -0.479. The van der Waals surface area contributed by atoms with Gasteiger partial charge in [0.05, 0.1) is 37.2 Å². The van der Waals surface area contributed by atoms with E-state index in [-0.39, 0.29) is 12.1 Å². The molecule has 2 aromatic rings. The Morgan fingerprint density at radius 3 is 2.26 bits per heavy atom. The standard InChI is InChI=1S/C17H16N2O4/c1-22-15-6-3-12(4-7-15)14(11-18)9-13-5-8-16(23-2)10-17(13)19(20)21/h3-8,10,14H,9H2,1-2H3. The summed E-state index contributed by atoms with van der Waals surface area (Å²) in [7, 11) is 3.02. The molecule has 0 aliphatic heterocycles. The van der Waals surface area contributed by atoms with E-state index in [1.54, 1.807) is 43.5 Å². The van der Waals surface area contributed by atoms with Gasteiger partial charge in [0.1, 0.15) is 11.5 Å². The van der Waals surface area contributed by atoms with Crippen LogP contribution in [0.15, 0.2) is 42.5 Å². The predicted octanol–water partition coefficient (Wildman–Crippen LogP) is 3.46. The number of ether oxygens (including phenoxy) is 2. The minimum absolute atomic E-state index is 0.0434. The maximum Gasteiger partial charge on any atom is 0.276 e. The van der Waals surface area contributed by atoms with Crippen molar-refractivity contribution in [3.05, 3.63) is 63.7 Å². The Balaban J connectivity index is 2.31. The first-order chi connectivity index (χ1) is 11.1. The van der Waals surface area contributed by atoms with Crippen LogP contribution in [0.2, 0.25) is 0 Å². The number of hydrogen-bond donors (Lipinski definition) is 0. The molecule has 6 nitrogen and oxygen atoms in total. The second-order valence-corrected chi connectivity index (χ2v) is 4.91. The molecule has 2 aromatic carbocycles. The number of methoxy groups -OCH3 is 2. The molecule has 0 heterocycles. The molecule has 1 unspecified atom stereocenters. The number of rotatable bonds is 6. The van der Waals surface area contributed by atoms with Crippen LogP contribution in [0.5, 0.6) is 11.5 Å². The Bertz CT molecular complexity index is 735. The molecule has 0 aromatic heterocycles. The van der Waals surface area contributed by atoms with Crippen LogP contribution in [-0.2, 0) is 6.42 Å². The van der Waals surface area contributed by atoms with E-state index in [2.05, 4.69) is 6.07 Å². The summed E-state index contributed by atoms with van der Waals surface area (Å²) in [5, 5.41) is 20.7. The Labute approximate surface area is 134 Å². The highest BCUT2D eigenvalue weighted by Crippen LogP contribution is 2.30. The highest BCUT2D eigenvalue weighted by Gasteiger charge is 2.20. The van der Waals surface area contributed by atoms with E-state index in [0.29, 0.717) is 17.1 Å². The van der Waals surface area contributed by atoms with Gasteiger partial charge in [0.2, 0.25) is 0 Å². The Morgan fingerprint density at radius 2 is 1.74 bits per heavy atom. The van der Waals surface area contributed by atoms with E-state index >= 15 is 0 Å². The van der Waals surface area contributed by atoms with Gasteiger partial charge in [-0.2, -0.15) is 5.26 Å². The molecule has 6 heteroatoms. The van der Waals surface area contributed by atoms with Crippen LogP contribution in [0, 0.1) is 21.4 Å². The van der Waals surface area contributed by atoms with Gasteiger partial charge in [-0.05, 0) is 36.2 Å². The molecular weight excluding hydrogens is 296 g/mol. The van der Waals surface area contributed by atoms with Crippen molar-refractivity contribution in [1.29, 1.82) is 5.26 Å². The molecule has 0 saturated heterocycles. The average Bonchev–Trinajstić information content (AvgIpc) is 2.59. The van der Waals surface area contributed by atoms with Crippen molar-refractivity contribution in [2.24, 2.45) is 0 Å². The van der Waals surface area contributed by atoms with E-state index in [1.807, 2.05) is 0 Å². The Morgan fingerprint density at radius 1 is 1.13 bits per heavy atom. The van der Waals surface area contributed by atoms with Crippen molar-refractivity contribution in [3.8, 4) is 17.6 Å². The largest absolute Gasteiger partial charge is 0.497 e. The average molecular weight is 312 g/mol. The van der Waals surface area contributed by atoms with E-state index in [4.69, 9.17) is 9.47 Å². The van der Waals surface area contributed by atoms with Crippen LogP contribution in [0.1, 0.15) is 17.0 Å². The lowest BCUT2D eigenvalue weighted by Crippen LogP contribution is -2.04. The number of nitro benzene ring substituents is 1. The lowest BCUT2D eigenvalue weighted by Gasteiger charge is -2.11. The van der Waals surface area contributed by atoms with Gasteiger partial charge < -0.3 is 9.47 Å². The monoisotopic (exact) mass is 312 g/mol. The molecule has 0 aliphatic rings. The molecule has 0 aliphatic carbocycles. The highest BCUT2D eigenvalue weighted by molar-refractivity contribution is 5.47. The zero-order chi connectivity index (χ0) is 16.8. The SMILES string of the molecule is COc1ccc(C(C#N)Cc2ccc(OC)cc2[N+](=O)[O-])cc1. The number of hydrogen-bond acceptors (Lipinski definition) is 5. The summed E-state index contributed by atoms with van der Waals surface area (Å²) in [6.45, 7) is 0. The molecule has 1 atom stereocenters. The second kappa shape index (κ2) is 7.27. The summed E-state index contributed by atoms with van der Waals surface area (Å²) in [6.07, 6.45) is 0.253. The summed E-state index contributed by atoms with van der Waals surface area (Å²) in [5.41, 5.74) is 1.25. The summed E-state index contributed by atoms with van der Waals surface area (Å²) in [4.78, 5) is 10.8. The zero-order valence-corrected chi connectivity index (χ0v) is 12.9. The summed E-state index contributed by atoms with van der Waals surface area (Å²) >= 11 is 0. The van der Waals surface area contributed by atoms with Gasteiger partial charge in [0, 0.05) is 5.56 Å². The summed E-state index contributed by atoms with van der Waals surface area (Å²) in [6, 6.07) is 14.0. The van der Waals surface area contributed by atoms with Crippen molar-refractivity contribution < 1.29 is 14.4 Å². The molecule has 0 spiro atoms. The molecule has 0 amide bonds. The Kier molecular flexibility index (Phi) is 5.15. The molecule has 118 valence electrons. The van der Waals surface area contributed by atoms with Crippen LogP contribution in [0.3, 0.4) is 0 Å². The van der Waals surface area contributed by atoms with Crippen molar-refractivity contribution >= 4 is 5.69 Å². The summed E-state index contributed by atoms with van der Waals surface area (Å²) in [5.74, 6) is 0.632. The van der Waals surface area contributed by atoms with Gasteiger partial charge >= 0.3 is 0 Å². The molecule has 0 saturated carbocycles. The van der Waals surface area contributed by atoms with Crippen LogP contribution >= 0.6 is 0 Å². The predicted molar refractivity (Wildman–Crippen MR) is 84.7 cm³/mol. The normalized spacial score (nSPS) is 11.3. The maximum atomic E-state index is 11.2. The first-order valence-electron chi connectivity index (χ1n) is 6.94. The fraction of sp³-hybridized carbons (Fsp3) is 0.235. The third-order valence-electron chi connectivity index (χ3n) is 3.59. The van der Waals surface area contributed by atoms with Crippen LogP contribution in [0.25, 0.3) is 0 Å². The lowest BCUT2D eigenvalue weighted by atomic mass is 9.92. The minimum Gasteiger partial charge on any atom is -0.497 e. The van der Waals surface area contributed by atoms with Gasteiger partial charge in [0.25, 0.3) is 5.69 Å². The van der Waals surface area contributed by atoms with Gasteiger partial charge in [0.15, 0.2) is 0 Å². The quantitative estimate of drug-likeness (QED) is 0.602. The van der Waals surface area contributed by atoms with Gasteiger partial charge in [-0.3, -0.25) is 10.1 Å². The molecule has 2 rings (SSSR count). The van der Waals surface area contributed by atoms with Crippen molar-refractivity contribution in [2.45, 2.75) is 12.3 Å². The molecule has 0 fully saturated rings. The van der Waals surface area contributed by atoms with Gasteiger partial charge in [-0.25, -0.2) is 0 Å². The van der Waals surface area contributed by atoms with Crippen molar-refractivity contribution in [1.82, 2.24) is 0 Å². The molecule has 0 bridgehead atoms. The first kappa shape index (κ1) is 16.3. The second-order valence-electron chi connectivity index (χ2n) is 4.91. The van der Waals surface area contributed by atoms with Crippen molar-refractivity contribution in [3.63, 3.8) is 0 Å². The van der Waals surface area contributed by atoms with E-state index < -0.39 is 10.8 Å². The Hall–Kier alpha value is -3.07. The van der Waals surface area contributed by atoms with Gasteiger partial charge in [-0.15, -0.1) is 0 Å².